The second-order valence-corrected chi connectivity index (χ2v) is 7.73. The van der Waals surface area contributed by atoms with Gasteiger partial charge in [0.05, 0.1) is 18.4 Å². The maximum Gasteiger partial charge on any atom is 0.220 e. The van der Waals surface area contributed by atoms with E-state index >= 15 is 0 Å². The monoisotopic (exact) mass is 447 g/mol. The third kappa shape index (κ3) is 6.22. The van der Waals surface area contributed by atoms with Gasteiger partial charge in [0.2, 0.25) is 5.91 Å². The molecule has 8 heteroatoms. The summed E-state index contributed by atoms with van der Waals surface area (Å²) < 4.78 is 7.94. The number of aromatic nitrogens is 4. The Morgan fingerprint density at radius 2 is 2.22 bits per heavy atom. The van der Waals surface area contributed by atoms with Crippen LogP contribution in [0.2, 0.25) is 0 Å². The summed E-state index contributed by atoms with van der Waals surface area (Å²) in [4.78, 5) is 15.5. The predicted molar refractivity (Wildman–Crippen MR) is 126 cm³/mol. The van der Waals surface area contributed by atoms with Gasteiger partial charge in [-0.2, -0.15) is 0 Å². The van der Waals surface area contributed by atoms with Gasteiger partial charge in [-0.15, -0.1) is 16.8 Å². The van der Waals surface area contributed by atoms with Crippen molar-refractivity contribution in [3.8, 4) is 23.3 Å². The number of benzene rings is 1. The Balaban J connectivity index is 1.71. The normalized spacial score (nSPS) is 10.2. The van der Waals surface area contributed by atoms with Gasteiger partial charge in [0.25, 0.3) is 0 Å². The van der Waals surface area contributed by atoms with Crippen molar-refractivity contribution >= 4 is 17.7 Å². The van der Waals surface area contributed by atoms with Crippen LogP contribution in [0.25, 0.3) is 5.69 Å². The number of nitrogens with zero attached hydrogens (tertiary/aromatic N) is 4. The summed E-state index contributed by atoms with van der Waals surface area (Å²) in [5, 5.41) is 12.1. The van der Waals surface area contributed by atoms with Gasteiger partial charge in [-0.05, 0) is 42.8 Å². The van der Waals surface area contributed by atoms with Crippen LogP contribution in [0.3, 0.4) is 0 Å². The number of pyridine rings is 1. The number of carbonyl (C=O) groups is 1. The molecule has 0 saturated carbocycles. The lowest BCUT2D eigenvalue weighted by molar-refractivity contribution is -0.120. The van der Waals surface area contributed by atoms with Gasteiger partial charge < -0.3 is 10.1 Å². The zero-order chi connectivity index (χ0) is 22.8. The molecule has 3 aromatic rings. The van der Waals surface area contributed by atoms with Crippen molar-refractivity contribution in [2.24, 2.45) is 0 Å². The van der Waals surface area contributed by atoms with Crippen molar-refractivity contribution < 1.29 is 9.53 Å². The minimum absolute atomic E-state index is 0.00930. The lowest BCUT2D eigenvalue weighted by Crippen LogP contribution is -2.22. The SMILES string of the molecule is C=CCSc1nnc(COc2ccc(C#CCNC(=O)CC)c(C)c2)n1-c1cccnc1. The van der Waals surface area contributed by atoms with E-state index in [2.05, 4.69) is 38.9 Å². The van der Waals surface area contributed by atoms with E-state index in [1.807, 2.05) is 54.8 Å². The fourth-order valence-corrected chi connectivity index (χ4v) is 3.49. The van der Waals surface area contributed by atoms with Crippen LogP contribution in [-0.4, -0.2) is 38.0 Å². The molecule has 164 valence electrons. The van der Waals surface area contributed by atoms with Crippen LogP contribution in [-0.2, 0) is 11.4 Å². The Labute approximate surface area is 192 Å². The highest BCUT2D eigenvalue weighted by Crippen LogP contribution is 2.23. The summed E-state index contributed by atoms with van der Waals surface area (Å²) in [7, 11) is 0. The number of thioether (sulfide) groups is 1. The average molecular weight is 448 g/mol. The first-order valence-electron chi connectivity index (χ1n) is 10.2. The summed E-state index contributed by atoms with van der Waals surface area (Å²) in [5.74, 6) is 8.16. The molecule has 1 N–H and O–H groups in total. The van der Waals surface area contributed by atoms with Gasteiger partial charge in [0.15, 0.2) is 11.0 Å². The summed E-state index contributed by atoms with van der Waals surface area (Å²) in [6, 6.07) is 9.56. The molecule has 0 spiro atoms. The number of amides is 1. The molecule has 1 aromatic carbocycles. The molecule has 0 saturated heterocycles. The highest BCUT2D eigenvalue weighted by molar-refractivity contribution is 7.99. The quantitative estimate of drug-likeness (QED) is 0.306. The largest absolute Gasteiger partial charge is 0.486 e. The Kier molecular flexibility index (Phi) is 8.46. The van der Waals surface area contributed by atoms with E-state index in [0.29, 0.717) is 24.5 Å². The van der Waals surface area contributed by atoms with Crippen LogP contribution in [0.1, 0.15) is 30.3 Å². The first kappa shape index (κ1) is 23.1. The first-order chi connectivity index (χ1) is 15.6. The molecule has 0 aliphatic carbocycles. The van der Waals surface area contributed by atoms with E-state index in [9.17, 15) is 4.79 Å². The van der Waals surface area contributed by atoms with E-state index in [0.717, 1.165) is 27.7 Å². The van der Waals surface area contributed by atoms with E-state index in [1.54, 1.807) is 24.2 Å². The Bertz CT molecular complexity index is 1130. The van der Waals surface area contributed by atoms with Crippen LogP contribution >= 0.6 is 11.8 Å². The van der Waals surface area contributed by atoms with Crippen molar-refractivity contribution in [2.45, 2.75) is 32.0 Å². The van der Waals surface area contributed by atoms with Gasteiger partial charge >= 0.3 is 0 Å². The molecular formula is C24H25N5O2S. The van der Waals surface area contributed by atoms with Crippen molar-refractivity contribution in [3.63, 3.8) is 0 Å². The van der Waals surface area contributed by atoms with Gasteiger partial charge in [-0.3, -0.25) is 14.3 Å². The Morgan fingerprint density at radius 1 is 1.34 bits per heavy atom. The van der Waals surface area contributed by atoms with Crippen molar-refractivity contribution in [1.82, 2.24) is 25.1 Å². The topological polar surface area (TPSA) is 81.9 Å². The molecule has 1 amide bonds. The van der Waals surface area contributed by atoms with E-state index in [-0.39, 0.29) is 12.5 Å². The van der Waals surface area contributed by atoms with Crippen LogP contribution in [0, 0.1) is 18.8 Å². The fraction of sp³-hybridized carbons (Fsp3) is 0.250. The van der Waals surface area contributed by atoms with Crippen molar-refractivity contribution in [2.75, 3.05) is 12.3 Å². The third-order valence-electron chi connectivity index (χ3n) is 4.42. The molecule has 0 bridgehead atoms. The van der Waals surface area contributed by atoms with Crippen molar-refractivity contribution in [3.05, 3.63) is 72.3 Å². The highest BCUT2D eigenvalue weighted by Gasteiger charge is 2.15. The molecule has 0 atom stereocenters. The number of aryl methyl sites for hydroxylation is 1. The fourth-order valence-electron chi connectivity index (χ4n) is 2.79. The van der Waals surface area contributed by atoms with Crippen LogP contribution in [0.5, 0.6) is 5.75 Å². The average Bonchev–Trinajstić information content (AvgIpc) is 3.23. The zero-order valence-electron chi connectivity index (χ0n) is 18.2. The number of ether oxygens (including phenoxy) is 1. The molecule has 2 heterocycles. The number of carbonyl (C=O) groups excluding carboxylic acids is 1. The molecule has 0 aliphatic heterocycles. The number of rotatable bonds is 9. The lowest BCUT2D eigenvalue weighted by Gasteiger charge is -2.11. The second kappa shape index (κ2) is 11.7. The Morgan fingerprint density at radius 3 is 2.94 bits per heavy atom. The van der Waals surface area contributed by atoms with E-state index in [1.165, 1.54) is 0 Å². The standard InChI is InChI=1S/C24H25N5O2S/c1-4-14-32-24-28-27-22(29(24)20-9-7-12-25-16-20)17-31-21-11-10-19(18(3)15-21)8-6-13-26-23(30)5-2/h4,7,9-12,15-16H,1,5,13-14,17H2,2-3H3,(H,26,30). The molecule has 2 aromatic heterocycles. The van der Waals surface area contributed by atoms with E-state index in [4.69, 9.17) is 4.74 Å². The maximum absolute atomic E-state index is 11.3. The number of nitrogens with one attached hydrogen (secondary N) is 1. The lowest BCUT2D eigenvalue weighted by atomic mass is 10.1. The molecule has 7 nitrogen and oxygen atoms in total. The first-order valence-corrected chi connectivity index (χ1v) is 11.2. The van der Waals surface area contributed by atoms with Gasteiger partial charge in [-0.1, -0.05) is 36.6 Å². The van der Waals surface area contributed by atoms with Gasteiger partial charge in [0.1, 0.15) is 12.4 Å². The third-order valence-corrected chi connectivity index (χ3v) is 5.34. The minimum atomic E-state index is -0.00930. The summed E-state index contributed by atoms with van der Waals surface area (Å²) in [6.07, 6.45) is 5.78. The Hall–Kier alpha value is -3.57. The van der Waals surface area contributed by atoms with Gasteiger partial charge in [-0.25, -0.2) is 0 Å². The predicted octanol–water partition coefficient (Wildman–Crippen LogP) is 3.71. The summed E-state index contributed by atoms with van der Waals surface area (Å²) >= 11 is 1.55. The van der Waals surface area contributed by atoms with Crippen LogP contribution in [0.15, 0.2) is 60.5 Å². The summed E-state index contributed by atoms with van der Waals surface area (Å²) in [5.41, 5.74) is 2.76. The molecule has 0 aliphatic rings. The molecule has 0 unspecified atom stereocenters. The smallest absolute Gasteiger partial charge is 0.220 e. The molecule has 32 heavy (non-hydrogen) atoms. The van der Waals surface area contributed by atoms with Crippen LogP contribution in [0.4, 0.5) is 0 Å². The number of hydrogen-bond donors (Lipinski definition) is 1. The molecule has 0 fully saturated rings. The van der Waals surface area contributed by atoms with Crippen molar-refractivity contribution in [1.29, 1.82) is 0 Å². The molecular weight excluding hydrogens is 422 g/mol. The van der Waals surface area contributed by atoms with E-state index < -0.39 is 0 Å². The molecule has 0 radical (unpaired) electrons. The minimum Gasteiger partial charge on any atom is -0.486 e. The molecule has 3 rings (SSSR count). The zero-order valence-corrected chi connectivity index (χ0v) is 19.0. The maximum atomic E-state index is 11.3. The number of hydrogen-bond acceptors (Lipinski definition) is 6. The second-order valence-electron chi connectivity index (χ2n) is 6.74. The van der Waals surface area contributed by atoms with Gasteiger partial charge in [0, 0.05) is 23.9 Å². The van der Waals surface area contributed by atoms with Crippen LogP contribution < -0.4 is 10.1 Å². The highest BCUT2D eigenvalue weighted by atomic mass is 32.2. The summed E-state index contributed by atoms with van der Waals surface area (Å²) in [6.45, 7) is 8.14.